The van der Waals surface area contributed by atoms with Crippen LogP contribution in [-0.4, -0.2) is 49.5 Å². The highest BCUT2D eigenvalue weighted by atomic mass is 32.2. The number of nitrogens with one attached hydrogen (secondary N) is 1. The number of methoxy groups -OCH3 is 1. The van der Waals surface area contributed by atoms with Gasteiger partial charge in [0.25, 0.3) is 0 Å². The second kappa shape index (κ2) is 7.91. The van der Waals surface area contributed by atoms with Gasteiger partial charge < -0.3 is 10.1 Å². The van der Waals surface area contributed by atoms with Gasteiger partial charge in [-0.1, -0.05) is 0 Å². The molecule has 0 aliphatic carbocycles. The van der Waals surface area contributed by atoms with E-state index in [1.165, 1.54) is 0 Å². The predicted octanol–water partition coefficient (Wildman–Crippen LogP) is 1.06. The van der Waals surface area contributed by atoms with Crippen LogP contribution in [0.3, 0.4) is 0 Å². The summed E-state index contributed by atoms with van der Waals surface area (Å²) >= 11 is 0. The first-order valence-electron chi connectivity index (χ1n) is 7.23. The monoisotopic (exact) mass is 317 g/mol. The van der Waals surface area contributed by atoms with Gasteiger partial charge in [0.1, 0.15) is 0 Å². The Kier molecular flexibility index (Phi) is 6.83. The first kappa shape index (κ1) is 18.1. The molecule has 1 rings (SSSR count). The number of sulfone groups is 1. The first-order valence-corrected chi connectivity index (χ1v) is 8.95. The van der Waals surface area contributed by atoms with Crippen LogP contribution in [0.4, 0.5) is 0 Å². The zero-order chi connectivity index (χ0) is 16.0. The van der Waals surface area contributed by atoms with E-state index in [2.05, 4.69) is 10.4 Å². The Bertz CT molecular complexity index is 550. The largest absolute Gasteiger partial charge is 0.383 e. The van der Waals surface area contributed by atoms with Gasteiger partial charge in [-0.05, 0) is 27.7 Å². The molecule has 7 heteroatoms. The normalized spacial score (nSPS) is 12.3. The molecule has 0 bridgehead atoms. The number of nitrogens with zero attached hydrogens (tertiary/aromatic N) is 2. The van der Waals surface area contributed by atoms with Gasteiger partial charge in [0.05, 0.1) is 29.8 Å². The van der Waals surface area contributed by atoms with Crippen molar-refractivity contribution in [3.8, 4) is 0 Å². The highest BCUT2D eigenvalue weighted by Gasteiger charge is 2.18. The summed E-state index contributed by atoms with van der Waals surface area (Å²) in [4.78, 5) is 0. The van der Waals surface area contributed by atoms with Crippen LogP contribution in [-0.2, 0) is 27.7 Å². The van der Waals surface area contributed by atoms with Crippen molar-refractivity contribution in [2.24, 2.45) is 0 Å². The summed E-state index contributed by atoms with van der Waals surface area (Å²) in [6.07, 6.45) is 0. The zero-order valence-corrected chi connectivity index (χ0v) is 14.5. The number of rotatable bonds is 9. The van der Waals surface area contributed by atoms with E-state index in [1.54, 1.807) is 25.6 Å². The minimum Gasteiger partial charge on any atom is -0.383 e. The molecule has 0 spiro atoms. The summed E-state index contributed by atoms with van der Waals surface area (Å²) in [7, 11) is -1.36. The second-order valence-corrected chi connectivity index (χ2v) is 8.13. The van der Waals surface area contributed by atoms with Gasteiger partial charge in [-0.15, -0.1) is 0 Å². The maximum atomic E-state index is 11.9. The Labute approximate surface area is 127 Å². The van der Waals surface area contributed by atoms with E-state index in [-0.39, 0.29) is 11.0 Å². The summed E-state index contributed by atoms with van der Waals surface area (Å²) in [6.45, 7) is 9.93. The molecule has 0 saturated heterocycles. The Morgan fingerprint density at radius 3 is 2.57 bits per heavy atom. The highest BCUT2D eigenvalue weighted by molar-refractivity contribution is 7.91. The fraction of sp³-hybridized carbons (Fsp3) is 0.786. The van der Waals surface area contributed by atoms with E-state index in [0.29, 0.717) is 13.2 Å². The van der Waals surface area contributed by atoms with Crippen molar-refractivity contribution in [2.75, 3.05) is 26.0 Å². The molecular weight excluding hydrogens is 290 g/mol. The van der Waals surface area contributed by atoms with Crippen molar-refractivity contribution >= 4 is 9.84 Å². The average molecular weight is 317 g/mol. The lowest BCUT2D eigenvalue weighted by Crippen LogP contribution is -2.22. The van der Waals surface area contributed by atoms with Crippen molar-refractivity contribution in [3.05, 3.63) is 17.0 Å². The van der Waals surface area contributed by atoms with Crippen LogP contribution in [0.1, 0.15) is 30.8 Å². The summed E-state index contributed by atoms with van der Waals surface area (Å²) < 4.78 is 30.6. The van der Waals surface area contributed by atoms with E-state index in [9.17, 15) is 8.42 Å². The molecule has 122 valence electrons. The number of aryl methyl sites for hydroxylation is 2. The molecule has 1 N–H and O–H groups in total. The standard InChI is InChI=1S/C14H27N3O3S/c1-11(2)21(18,19)9-7-17-13(4)14(12(3)16-17)10-15-6-8-20-5/h11,15H,6-10H2,1-5H3. The van der Waals surface area contributed by atoms with Crippen LogP contribution in [0, 0.1) is 13.8 Å². The minimum absolute atomic E-state index is 0.128. The average Bonchev–Trinajstić information content (AvgIpc) is 2.68. The topological polar surface area (TPSA) is 73.2 Å². The molecule has 21 heavy (non-hydrogen) atoms. The molecule has 0 saturated carbocycles. The fourth-order valence-corrected chi connectivity index (χ4v) is 2.94. The van der Waals surface area contributed by atoms with Gasteiger partial charge in [0, 0.05) is 31.5 Å². The molecule has 6 nitrogen and oxygen atoms in total. The number of ether oxygens (including phenoxy) is 1. The maximum Gasteiger partial charge on any atom is 0.154 e. The second-order valence-electron chi connectivity index (χ2n) is 5.46. The molecule has 0 atom stereocenters. The molecule has 1 aromatic rings. The maximum absolute atomic E-state index is 11.9. The molecule has 1 heterocycles. The van der Waals surface area contributed by atoms with Crippen LogP contribution < -0.4 is 5.32 Å². The van der Waals surface area contributed by atoms with Crippen molar-refractivity contribution < 1.29 is 13.2 Å². The predicted molar refractivity (Wildman–Crippen MR) is 84.2 cm³/mol. The molecule has 0 aliphatic rings. The molecule has 0 aromatic carbocycles. The van der Waals surface area contributed by atoms with Gasteiger partial charge >= 0.3 is 0 Å². The smallest absolute Gasteiger partial charge is 0.154 e. The van der Waals surface area contributed by atoms with Crippen LogP contribution in [0.5, 0.6) is 0 Å². The van der Waals surface area contributed by atoms with Crippen LogP contribution in [0.25, 0.3) is 0 Å². The number of hydrogen-bond donors (Lipinski definition) is 1. The lowest BCUT2D eigenvalue weighted by atomic mass is 10.2. The zero-order valence-electron chi connectivity index (χ0n) is 13.6. The molecule has 0 amide bonds. The number of hydrogen-bond acceptors (Lipinski definition) is 5. The Hall–Kier alpha value is -0.920. The molecule has 0 fully saturated rings. The molecular formula is C14H27N3O3S. The van der Waals surface area contributed by atoms with Crippen LogP contribution in [0.15, 0.2) is 0 Å². The van der Waals surface area contributed by atoms with Crippen molar-refractivity contribution in [1.82, 2.24) is 15.1 Å². The molecule has 0 unspecified atom stereocenters. The van der Waals surface area contributed by atoms with Gasteiger partial charge in [-0.25, -0.2) is 8.42 Å². The van der Waals surface area contributed by atoms with Gasteiger partial charge in [-0.3, -0.25) is 4.68 Å². The summed E-state index contributed by atoms with van der Waals surface area (Å²) in [6, 6.07) is 0. The summed E-state index contributed by atoms with van der Waals surface area (Å²) in [5, 5.41) is 7.40. The molecule has 0 aliphatic heterocycles. The third-order valence-corrected chi connectivity index (χ3v) is 5.81. The van der Waals surface area contributed by atoms with E-state index >= 15 is 0 Å². The first-order chi connectivity index (χ1) is 9.79. The van der Waals surface area contributed by atoms with Gasteiger partial charge in [-0.2, -0.15) is 5.10 Å². The molecule has 1 aromatic heterocycles. The summed E-state index contributed by atoms with van der Waals surface area (Å²) in [5.74, 6) is 0.128. The molecule has 0 radical (unpaired) electrons. The van der Waals surface area contributed by atoms with Crippen LogP contribution >= 0.6 is 0 Å². The van der Waals surface area contributed by atoms with Gasteiger partial charge in [0.2, 0.25) is 0 Å². The Morgan fingerprint density at radius 2 is 2.00 bits per heavy atom. The van der Waals surface area contributed by atoms with Crippen molar-refractivity contribution in [2.45, 2.75) is 46.0 Å². The minimum atomic E-state index is -3.03. The number of aromatic nitrogens is 2. The van der Waals surface area contributed by atoms with E-state index in [0.717, 1.165) is 30.0 Å². The lowest BCUT2D eigenvalue weighted by molar-refractivity contribution is 0.199. The quantitative estimate of drug-likeness (QED) is 0.690. The summed E-state index contributed by atoms with van der Waals surface area (Å²) in [5.41, 5.74) is 3.10. The fourth-order valence-electron chi connectivity index (χ4n) is 2.04. The van der Waals surface area contributed by atoms with E-state index < -0.39 is 9.84 Å². The van der Waals surface area contributed by atoms with Gasteiger partial charge in [0.15, 0.2) is 9.84 Å². The third kappa shape index (κ3) is 5.09. The highest BCUT2D eigenvalue weighted by Crippen LogP contribution is 2.13. The van der Waals surface area contributed by atoms with Crippen LogP contribution in [0.2, 0.25) is 0 Å². The van der Waals surface area contributed by atoms with Crippen molar-refractivity contribution in [1.29, 1.82) is 0 Å². The third-order valence-electron chi connectivity index (χ3n) is 3.62. The van der Waals surface area contributed by atoms with E-state index in [4.69, 9.17) is 4.74 Å². The van der Waals surface area contributed by atoms with Crippen molar-refractivity contribution in [3.63, 3.8) is 0 Å². The van der Waals surface area contributed by atoms with E-state index in [1.807, 2.05) is 13.8 Å². The Morgan fingerprint density at radius 1 is 1.33 bits per heavy atom. The Balaban J connectivity index is 2.69. The SMILES string of the molecule is COCCNCc1c(C)nn(CCS(=O)(=O)C(C)C)c1C. The lowest BCUT2D eigenvalue weighted by Gasteiger charge is -2.09.